The minimum absolute atomic E-state index is 0.291. The average molecular weight is 328 g/mol. The standard InChI is InChI=1S/C20H24O4/c1-13(2)10-11-15-18(20(21)22)16(14-8-6-5-7-9-14)12-17(23-3)19(15)24-4/h5-9,12-13H,10-11H2,1-4H3,(H,21,22). The fourth-order valence-electron chi connectivity index (χ4n) is 2.83. The lowest BCUT2D eigenvalue weighted by molar-refractivity contribution is 0.0696. The van der Waals surface area contributed by atoms with Crippen molar-refractivity contribution in [1.29, 1.82) is 0 Å². The second-order valence-corrected chi connectivity index (χ2v) is 6.12. The first-order valence-corrected chi connectivity index (χ1v) is 8.06. The first kappa shape index (κ1) is 17.9. The molecule has 128 valence electrons. The summed E-state index contributed by atoms with van der Waals surface area (Å²) in [6, 6.07) is 11.2. The zero-order chi connectivity index (χ0) is 17.7. The molecule has 0 saturated heterocycles. The van der Waals surface area contributed by atoms with Crippen LogP contribution in [0.2, 0.25) is 0 Å². The van der Waals surface area contributed by atoms with E-state index in [0.29, 0.717) is 40.5 Å². The molecule has 0 aliphatic heterocycles. The van der Waals surface area contributed by atoms with Gasteiger partial charge in [0.25, 0.3) is 0 Å². The van der Waals surface area contributed by atoms with Gasteiger partial charge in [-0.05, 0) is 30.4 Å². The first-order valence-electron chi connectivity index (χ1n) is 8.06. The van der Waals surface area contributed by atoms with Crippen molar-refractivity contribution in [2.75, 3.05) is 14.2 Å². The van der Waals surface area contributed by atoms with Gasteiger partial charge in [0.2, 0.25) is 0 Å². The Bertz CT molecular complexity index is 705. The maximum Gasteiger partial charge on any atom is 0.336 e. The number of hydrogen-bond donors (Lipinski definition) is 1. The third kappa shape index (κ3) is 3.70. The number of carbonyl (C=O) groups is 1. The molecular formula is C20H24O4. The van der Waals surface area contributed by atoms with Gasteiger partial charge in [-0.15, -0.1) is 0 Å². The van der Waals surface area contributed by atoms with E-state index in [4.69, 9.17) is 9.47 Å². The highest BCUT2D eigenvalue weighted by molar-refractivity contribution is 5.99. The number of aromatic carboxylic acids is 1. The molecule has 0 spiro atoms. The van der Waals surface area contributed by atoms with E-state index in [-0.39, 0.29) is 0 Å². The monoisotopic (exact) mass is 328 g/mol. The predicted molar refractivity (Wildman–Crippen MR) is 95.1 cm³/mol. The Labute approximate surface area is 143 Å². The first-order chi connectivity index (χ1) is 11.5. The molecule has 0 fully saturated rings. The smallest absolute Gasteiger partial charge is 0.336 e. The third-order valence-corrected chi connectivity index (χ3v) is 4.04. The molecule has 0 amide bonds. The van der Waals surface area contributed by atoms with Crippen LogP contribution in [0.4, 0.5) is 0 Å². The summed E-state index contributed by atoms with van der Waals surface area (Å²) in [7, 11) is 3.11. The van der Waals surface area contributed by atoms with E-state index in [2.05, 4.69) is 13.8 Å². The van der Waals surface area contributed by atoms with E-state index in [0.717, 1.165) is 12.0 Å². The Hall–Kier alpha value is -2.49. The molecule has 2 aromatic carbocycles. The number of rotatable bonds is 7. The average Bonchev–Trinajstić information content (AvgIpc) is 2.58. The highest BCUT2D eigenvalue weighted by Crippen LogP contribution is 2.41. The topological polar surface area (TPSA) is 55.8 Å². The molecule has 2 aromatic rings. The van der Waals surface area contributed by atoms with Gasteiger partial charge < -0.3 is 14.6 Å². The summed E-state index contributed by atoms with van der Waals surface area (Å²) >= 11 is 0. The Morgan fingerprint density at radius 3 is 2.29 bits per heavy atom. The maximum absolute atomic E-state index is 12.0. The molecule has 0 atom stereocenters. The lowest BCUT2D eigenvalue weighted by Gasteiger charge is -2.19. The lowest BCUT2D eigenvalue weighted by Crippen LogP contribution is -2.10. The van der Waals surface area contributed by atoms with Crippen molar-refractivity contribution < 1.29 is 19.4 Å². The third-order valence-electron chi connectivity index (χ3n) is 4.04. The summed E-state index contributed by atoms with van der Waals surface area (Å²) in [5, 5.41) is 9.86. The van der Waals surface area contributed by atoms with Crippen LogP contribution in [-0.2, 0) is 6.42 Å². The molecule has 0 aliphatic carbocycles. The van der Waals surface area contributed by atoms with Crippen molar-refractivity contribution in [3.8, 4) is 22.6 Å². The molecular weight excluding hydrogens is 304 g/mol. The van der Waals surface area contributed by atoms with Crippen molar-refractivity contribution >= 4 is 5.97 Å². The molecule has 0 saturated carbocycles. The molecule has 2 rings (SSSR count). The summed E-state index contributed by atoms with van der Waals surface area (Å²) in [6.45, 7) is 4.23. The number of carboxylic acid groups (broad SMARTS) is 1. The fourth-order valence-corrected chi connectivity index (χ4v) is 2.83. The van der Waals surface area contributed by atoms with Gasteiger partial charge in [0.05, 0.1) is 19.8 Å². The summed E-state index contributed by atoms with van der Waals surface area (Å²) in [6.07, 6.45) is 1.50. The van der Waals surface area contributed by atoms with Crippen LogP contribution in [0.1, 0.15) is 36.2 Å². The summed E-state index contributed by atoms with van der Waals surface area (Å²) in [5.74, 6) is 0.576. The van der Waals surface area contributed by atoms with Crippen LogP contribution in [0.15, 0.2) is 36.4 Å². The van der Waals surface area contributed by atoms with Crippen molar-refractivity contribution in [2.45, 2.75) is 26.7 Å². The van der Waals surface area contributed by atoms with E-state index < -0.39 is 5.97 Å². The van der Waals surface area contributed by atoms with Gasteiger partial charge in [-0.1, -0.05) is 44.2 Å². The summed E-state index contributed by atoms with van der Waals surface area (Å²) in [5.41, 5.74) is 2.48. The molecule has 4 heteroatoms. The lowest BCUT2D eigenvalue weighted by atomic mass is 9.90. The van der Waals surface area contributed by atoms with E-state index in [1.807, 2.05) is 30.3 Å². The Kier molecular flexibility index (Phi) is 5.85. The number of carboxylic acids is 1. The van der Waals surface area contributed by atoms with Crippen molar-refractivity contribution in [3.63, 3.8) is 0 Å². The number of hydrogen-bond acceptors (Lipinski definition) is 3. The SMILES string of the molecule is COc1cc(-c2ccccc2)c(C(=O)O)c(CCC(C)C)c1OC. The van der Waals surface area contributed by atoms with Crippen molar-refractivity contribution in [3.05, 3.63) is 47.5 Å². The van der Waals surface area contributed by atoms with Crippen molar-refractivity contribution in [1.82, 2.24) is 0 Å². The minimum Gasteiger partial charge on any atom is -0.493 e. The molecule has 0 radical (unpaired) electrons. The minimum atomic E-state index is -0.950. The van der Waals surface area contributed by atoms with Gasteiger partial charge >= 0.3 is 5.97 Å². The summed E-state index contributed by atoms with van der Waals surface area (Å²) in [4.78, 5) is 12.0. The summed E-state index contributed by atoms with van der Waals surface area (Å²) < 4.78 is 11.0. The van der Waals surface area contributed by atoms with Gasteiger partial charge in [-0.3, -0.25) is 0 Å². The second-order valence-electron chi connectivity index (χ2n) is 6.12. The number of methoxy groups -OCH3 is 2. The van der Waals surface area contributed by atoms with Crippen LogP contribution < -0.4 is 9.47 Å². The van der Waals surface area contributed by atoms with Gasteiger partial charge in [0.1, 0.15) is 0 Å². The van der Waals surface area contributed by atoms with E-state index in [1.165, 1.54) is 0 Å². The quantitative estimate of drug-likeness (QED) is 0.803. The Morgan fingerprint density at radius 2 is 1.79 bits per heavy atom. The van der Waals surface area contributed by atoms with Gasteiger partial charge in [-0.2, -0.15) is 0 Å². The Morgan fingerprint density at radius 1 is 1.12 bits per heavy atom. The fraction of sp³-hybridized carbons (Fsp3) is 0.350. The second kappa shape index (κ2) is 7.86. The van der Waals surface area contributed by atoms with E-state index >= 15 is 0 Å². The normalized spacial score (nSPS) is 10.7. The number of benzene rings is 2. The molecule has 24 heavy (non-hydrogen) atoms. The molecule has 1 N–H and O–H groups in total. The molecule has 0 aromatic heterocycles. The highest BCUT2D eigenvalue weighted by Gasteiger charge is 2.24. The molecule has 0 aliphatic rings. The molecule has 4 nitrogen and oxygen atoms in total. The van der Waals surface area contributed by atoms with E-state index in [9.17, 15) is 9.90 Å². The van der Waals surface area contributed by atoms with E-state index in [1.54, 1.807) is 20.3 Å². The largest absolute Gasteiger partial charge is 0.493 e. The van der Waals surface area contributed by atoms with Crippen LogP contribution in [0, 0.1) is 5.92 Å². The zero-order valence-corrected chi connectivity index (χ0v) is 14.6. The molecule has 0 unspecified atom stereocenters. The van der Waals surface area contributed by atoms with Gasteiger partial charge in [0.15, 0.2) is 11.5 Å². The van der Waals surface area contributed by atoms with Crippen LogP contribution >= 0.6 is 0 Å². The Balaban J connectivity index is 2.75. The van der Waals surface area contributed by atoms with Crippen LogP contribution in [0.5, 0.6) is 11.5 Å². The molecule has 0 heterocycles. The zero-order valence-electron chi connectivity index (χ0n) is 14.6. The van der Waals surface area contributed by atoms with Crippen LogP contribution in [0.3, 0.4) is 0 Å². The van der Waals surface area contributed by atoms with Crippen LogP contribution in [-0.4, -0.2) is 25.3 Å². The maximum atomic E-state index is 12.0. The highest BCUT2D eigenvalue weighted by atomic mass is 16.5. The van der Waals surface area contributed by atoms with Gasteiger partial charge in [-0.25, -0.2) is 4.79 Å². The van der Waals surface area contributed by atoms with Gasteiger partial charge in [0, 0.05) is 11.1 Å². The van der Waals surface area contributed by atoms with Crippen LogP contribution in [0.25, 0.3) is 11.1 Å². The van der Waals surface area contributed by atoms with Crippen molar-refractivity contribution in [2.24, 2.45) is 5.92 Å². The predicted octanol–water partition coefficient (Wildman–Crippen LogP) is 4.66. The molecule has 0 bridgehead atoms. The number of ether oxygens (including phenoxy) is 2.